The molecule has 2 saturated heterocycles. The minimum atomic E-state index is -2.75. The van der Waals surface area contributed by atoms with Crippen molar-refractivity contribution in [2.45, 2.75) is 29.7 Å². The Morgan fingerprint density at radius 2 is 2.14 bits per heavy atom. The average Bonchev–Trinajstić information content (AvgIpc) is 3.12. The molecule has 1 aromatic carbocycles. The molecule has 0 bridgehead atoms. The van der Waals surface area contributed by atoms with Gasteiger partial charge in [-0.15, -0.1) is 11.8 Å². The second kappa shape index (κ2) is 6.54. The van der Waals surface area contributed by atoms with Gasteiger partial charge in [-0.3, -0.25) is 10.1 Å². The highest BCUT2D eigenvalue weighted by molar-refractivity contribution is 7.99. The number of hydrogen-bond acceptors (Lipinski definition) is 3. The summed E-state index contributed by atoms with van der Waals surface area (Å²) in [4.78, 5) is 15.3. The number of alkyl halides is 2. The fraction of sp³-hybridized carbons (Fsp3) is 0.562. The third kappa shape index (κ3) is 3.79. The Morgan fingerprint density at radius 3 is 2.82 bits per heavy atom. The van der Waals surface area contributed by atoms with Gasteiger partial charge in [0.1, 0.15) is 0 Å². The Hall–Kier alpha value is -1.14. The summed E-state index contributed by atoms with van der Waals surface area (Å²) < 4.78 is 26.4. The van der Waals surface area contributed by atoms with Crippen LogP contribution < -0.4 is 5.32 Å². The first-order valence-electron chi connectivity index (χ1n) is 7.61. The van der Waals surface area contributed by atoms with Crippen LogP contribution in [0.25, 0.3) is 0 Å². The van der Waals surface area contributed by atoms with Crippen molar-refractivity contribution in [1.82, 2.24) is 10.2 Å². The predicted octanol–water partition coefficient (Wildman–Crippen LogP) is 2.62. The monoisotopic (exact) mass is 326 g/mol. The minimum Gasteiger partial charge on any atom is -0.341 e. The van der Waals surface area contributed by atoms with E-state index >= 15 is 0 Å². The van der Waals surface area contributed by atoms with E-state index in [2.05, 4.69) is 17.4 Å². The molecule has 0 saturated carbocycles. The third-order valence-corrected chi connectivity index (χ3v) is 5.48. The Morgan fingerprint density at radius 1 is 1.36 bits per heavy atom. The minimum absolute atomic E-state index is 0.163. The zero-order chi connectivity index (χ0) is 15.6. The van der Waals surface area contributed by atoms with Gasteiger partial charge < -0.3 is 4.90 Å². The predicted molar refractivity (Wildman–Crippen MR) is 83.2 cm³/mol. The van der Waals surface area contributed by atoms with Crippen LogP contribution in [-0.2, 0) is 4.79 Å². The molecular weight excluding hydrogens is 306 g/mol. The van der Waals surface area contributed by atoms with Crippen LogP contribution >= 0.6 is 11.8 Å². The summed E-state index contributed by atoms with van der Waals surface area (Å²) in [6, 6.07) is 9.46. The highest BCUT2D eigenvalue weighted by Gasteiger charge is 2.44. The molecule has 1 N–H and O–H groups in total. The first kappa shape index (κ1) is 15.7. The lowest BCUT2D eigenvalue weighted by atomic mass is 10.1. The Labute approximate surface area is 133 Å². The number of carbonyl (C=O) groups is 1. The van der Waals surface area contributed by atoms with Crippen LogP contribution in [0.15, 0.2) is 35.2 Å². The highest BCUT2D eigenvalue weighted by Crippen LogP contribution is 2.29. The average molecular weight is 326 g/mol. The fourth-order valence-corrected chi connectivity index (χ4v) is 4.06. The zero-order valence-corrected chi connectivity index (χ0v) is 13.1. The van der Waals surface area contributed by atoms with Crippen LogP contribution in [0.1, 0.15) is 12.8 Å². The van der Waals surface area contributed by atoms with E-state index in [1.165, 1.54) is 4.90 Å². The third-order valence-electron chi connectivity index (χ3n) is 4.23. The fourth-order valence-electron chi connectivity index (χ4n) is 3.01. The summed E-state index contributed by atoms with van der Waals surface area (Å²) in [6.45, 7) is 0.982. The number of likely N-dealkylation sites (tertiary alicyclic amines) is 1. The molecule has 2 atom stereocenters. The standard InChI is InChI=1S/C16H20F2N2OS/c17-16(18)8-14(19-11-16)15(21)20-7-6-12(9-20)10-22-13-4-2-1-3-5-13/h1-5,12,14,19H,6-11H2. The zero-order valence-electron chi connectivity index (χ0n) is 12.3. The molecule has 2 fully saturated rings. The van der Waals surface area contributed by atoms with Gasteiger partial charge in [0.15, 0.2) is 0 Å². The number of nitrogens with one attached hydrogen (secondary N) is 1. The van der Waals surface area contributed by atoms with E-state index in [1.54, 1.807) is 16.7 Å². The second-order valence-corrected chi connectivity index (χ2v) is 7.15. The first-order chi connectivity index (χ1) is 10.5. The lowest BCUT2D eigenvalue weighted by molar-refractivity contribution is -0.132. The topological polar surface area (TPSA) is 32.3 Å². The molecule has 22 heavy (non-hydrogen) atoms. The SMILES string of the molecule is O=C(C1CC(F)(F)CN1)N1CCC(CSc2ccccc2)C1. The van der Waals surface area contributed by atoms with E-state index < -0.39 is 12.0 Å². The quantitative estimate of drug-likeness (QED) is 0.864. The van der Waals surface area contributed by atoms with Crippen molar-refractivity contribution in [2.75, 3.05) is 25.4 Å². The van der Waals surface area contributed by atoms with Gasteiger partial charge in [0.25, 0.3) is 5.92 Å². The van der Waals surface area contributed by atoms with Crippen molar-refractivity contribution in [2.24, 2.45) is 5.92 Å². The first-order valence-corrected chi connectivity index (χ1v) is 8.60. The lowest BCUT2D eigenvalue weighted by Gasteiger charge is -2.20. The molecule has 2 heterocycles. The number of rotatable bonds is 4. The van der Waals surface area contributed by atoms with Gasteiger partial charge in [0.2, 0.25) is 5.91 Å². The summed E-state index contributed by atoms with van der Waals surface area (Å²) in [5.41, 5.74) is 0. The van der Waals surface area contributed by atoms with Crippen LogP contribution in [0.5, 0.6) is 0 Å². The number of nitrogens with zero attached hydrogens (tertiary/aromatic N) is 1. The molecule has 0 spiro atoms. The maximum Gasteiger partial charge on any atom is 0.262 e. The summed E-state index contributed by atoms with van der Waals surface area (Å²) in [6.07, 6.45) is 0.584. The van der Waals surface area contributed by atoms with Crippen LogP contribution in [0, 0.1) is 5.92 Å². The second-order valence-electron chi connectivity index (χ2n) is 6.06. The Kier molecular flexibility index (Phi) is 4.68. The van der Waals surface area contributed by atoms with E-state index in [0.29, 0.717) is 19.0 Å². The van der Waals surface area contributed by atoms with Gasteiger partial charge in [-0.1, -0.05) is 18.2 Å². The van der Waals surface area contributed by atoms with Gasteiger partial charge in [-0.2, -0.15) is 0 Å². The van der Waals surface area contributed by atoms with E-state index in [1.807, 2.05) is 18.2 Å². The van der Waals surface area contributed by atoms with Crippen LogP contribution in [0.2, 0.25) is 0 Å². The van der Waals surface area contributed by atoms with E-state index in [-0.39, 0.29) is 18.9 Å². The van der Waals surface area contributed by atoms with E-state index in [0.717, 1.165) is 12.2 Å². The van der Waals surface area contributed by atoms with Gasteiger partial charge in [0.05, 0.1) is 12.6 Å². The maximum atomic E-state index is 13.2. The van der Waals surface area contributed by atoms with Crippen molar-refractivity contribution in [3.8, 4) is 0 Å². The summed E-state index contributed by atoms with van der Waals surface area (Å²) in [5, 5.41) is 2.65. The van der Waals surface area contributed by atoms with Gasteiger partial charge in [-0.25, -0.2) is 8.78 Å². The number of amides is 1. The molecule has 3 nitrogen and oxygen atoms in total. The Bertz CT molecular complexity index is 526. The number of carbonyl (C=O) groups excluding carboxylic acids is 1. The maximum absolute atomic E-state index is 13.2. The lowest BCUT2D eigenvalue weighted by Crippen LogP contribution is -2.42. The highest BCUT2D eigenvalue weighted by atomic mass is 32.2. The van der Waals surface area contributed by atoms with Gasteiger partial charge in [0, 0.05) is 30.2 Å². The number of benzene rings is 1. The van der Waals surface area contributed by atoms with Gasteiger partial charge >= 0.3 is 0 Å². The van der Waals surface area contributed by atoms with Crippen LogP contribution in [0.3, 0.4) is 0 Å². The molecule has 2 aliphatic rings. The normalized spacial score (nSPS) is 27.3. The molecule has 1 amide bonds. The Balaban J connectivity index is 1.47. The molecular formula is C16H20F2N2OS. The van der Waals surface area contributed by atoms with Crippen LogP contribution in [-0.4, -0.2) is 48.2 Å². The molecule has 120 valence electrons. The van der Waals surface area contributed by atoms with Crippen molar-refractivity contribution in [3.05, 3.63) is 30.3 Å². The van der Waals surface area contributed by atoms with Crippen molar-refractivity contribution >= 4 is 17.7 Å². The smallest absolute Gasteiger partial charge is 0.262 e. The number of hydrogen-bond donors (Lipinski definition) is 1. The van der Waals surface area contributed by atoms with Crippen molar-refractivity contribution in [1.29, 1.82) is 0 Å². The molecule has 0 radical (unpaired) electrons. The van der Waals surface area contributed by atoms with E-state index in [9.17, 15) is 13.6 Å². The molecule has 3 rings (SSSR count). The number of halogens is 2. The summed E-state index contributed by atoms with van der Waals surface area (Å²) in [5.74, 6) is -1.51. The number of thioether (sulfide) groups is 1. The van der Waals surface area contributed by atoms with Crippen molar-refractivity contribution < 1.29 is 13.6 Å². The summed E-state index contributed by atoms with van der Waals surface area (Å²) >= 11 is 1.79. The molecule has 2 aliphatic heterocycles. The molecule has 0 aliphatic carbocycles. The van der Waals surface area contributed by atoms with Crippen molar-refractivity contribution in [3.63, 3.8) is 0 Å². The molecule has 6 heteroatoms. The summed E-state index contributed by atoms with van der Waals surface area (Å²) in [7, 11) is 0. The van der Waals surface area contributed by atoms with Gasteiger partial charge in [-0.05, 0) is 24.5 Å². The molecule has 1 aromatic rings. The molecule has 0 aromatic heterocycles. The largest absolute Gasteiger partial charge is 0.341 e. The van der Waals surface area contributed by atoms with E-state index in [4.69, 9.17) is 0 Å². The van der Waals surface area contributed by atoms with Crippen LogP contribution in [0.4, 0.5) is 8.78 Å². The molecule has 2 unspecified atom stereocenters.